The molecule has 600 valence electrons. The Balaban J connectivity index is 0.00000133. The second-order valence-electron chi connectivity index (χ2n) is 26.6. The van der Waals surface area contributed by atoms with E-state index in [1.807, 2.05) is 74.5 Å². The zero-order chi connectivity index (χ0) is 80.9. The molecule has 0 unspecified atom stereocenters. The van der Waals surface area contributed by atoms with Crippen molar-refractivity contribution in [1.29, 1.82) is 0 Å². The van der Waals surface area contributed by atoms with Crippen LogP contribution in [0.25, 0.3) is 33.4 Å². The predicted molar refractivity (Wildman–Crippen MR) is 498 cm³/mol. The Labute approximate surface area is 706 Å². The van der Waals surface area contributed by atoms with E-state index in [0.29, 0.717) is 72.6 Å². The number of benzene rings is 5. The molecular weight excluding hydrogens is 1600 g/mol. The number of unbranched alkanes of at least 4 members (excludes halogenated alkanes) is 1. The number of thioether (sulfide) groups is 1. The van der Waals surface area contributed by atoms with Gasteiger partial charge in [-0.1, -0.05) is 91.3 Å². The fraction of sp³-hybridized carbons (Fsp3) is 0.542. The number of hydrogen-bond donors (Lipinski definition) is 13. The Morgan fingerprint density at radius 3 is 1.80 bits per heavy atom. The molecule has 0 saturated carbocycles. The molecule has 13 nitrogen and oxygen atoms in total. The number of aliphatic hydroxyl groups excluding tert-OH is 2. The molecule has 0 spiro atoms. The zero-order valence-corrected chi connectivity index (χ0v) is 76.2. The molecule has 4 aromatic rings. The minimum atomic E-state index is -0.664. The number of fused-ring (bicyclic) bond motifs is 3. The topological polar surface area (TPSA) is 169 Å². The number of allylic oxidation sites excluding steroid dienone is 1. The summed E-state index contributed by atoms with van der Waals surface area (Å²) in [7, 11) is 6.49. The summed E-state index contributed by atoms with van der Waals surface area (Å²) >= 11 is 41.4. The SMILES string of the molecule is C=C1C[C@H]2CS[C@@H](CCCCC(=O)CCCS)[C@H]2N1.CC(=O)CCS.CC(=O)CS.CCCS.CCN(CC)c1ccc2c(-c3ccccc3C(=O)NCCS)c3ccc(=[N+](CC)CC)cc-3oc2c1.CC[C@@H](O)[C@H](O)CS.C[N+](C)(C)CCS.Cc1cc(Br)cc(C(=O)CCCS)c1.SCc1ccccc1. The first-order chi connectivity index (χ1) is 51.1. The van der Waals surface area contributed by atoms with Crippen LogP contribution < -0.4 is 25.5 Å². The second-order valence-corrected chi connectivity index (χ2v) is 32.4. The number of hydrogen-bond acceptors (Lipinski definition) is 20. The first kappa shape index (κ1) is 104. The van der Waals surface area contributed by atoms with Gasteiger partial charge in [-0.25, -0.2) is 4.58 Å². The summed E-state index contributed by atoms with van der Waals surface area (Å²) in [4.78, 5) is 58.4. The summed E-state index contributed by atoms with van der Waals surface area (Å²) in [6.45, 7) is 27.0. The lowest BCUT2D eigenvalue weighted by Gasteiger charge is -2.22. The van der Waals surface area contributed by atoms with Gasteiger partial charge in [-0.2, -0.15) is 125 Å². The van der Waals surface area contributed by atoms with Gasteiger partial charge in [0.25, 0.3) is 5.91 Å². The van der Waals surface area contributed by atoms with Crippen molar-refractivity contribution in [3.8, 4) is 22.5 Å². The Kier molecular flexibility index (Phi) is 60.6. The van der Waals surface area contributed by atoms with Crippen LogP contribution in [0.15, 0.2) is 130 Å². The summed E-state index contributed by atoms with van der Waals surface area (Å²) in [6.07, 6.45) is 9.57. The molecule has 5 atom stereocenters. The van der Waals surface area contributed by atoms with Crippen LogP contribution in [-0.4, -0.2) is 179 Å². The van der Waals surface area contributed by atoms with Crippen molar-refractivity contribution >= 4 is 187 Å². The van der Waals surface area contributed by atoms with E-state index in [9.17, 15) is 24.0 Å². The number of anilines is 1. The van der Waals surface area contributed by atoms with Crippen molar-refractivity contribution in [2.24, 2.45) is 5.92 Å². The Morgan fingerprint density at radius 2 is 1.32 bits per heavy atom. The number of carbonyl (C=O) groups excluding carboxylic acids is 5. The highest BCUT2D eigenvalue weighted by molar-refractivity contribution is 9.10. The highest BCUT2D eigenvalue weighted by Gasteiger charge is 2.40. The highest BCUT2D eigenvalue weighted by Crippen LogP contribution is 2.43. The van der Waals surface area contributed by atoms with Crippen LogP contribution in [0.2, 0.25) is 0 Å². The van der Waals surface area contributed by atoms with E-state index in [1.54, 1.807) is 6.92 Å². The summed E-state index contributed by atoms with van der Waals surface area (Å²) in [5.41, 5.74) is 9.87. The van der Waals surface area contributed by atoms with Crippen molar-refractivity contribution in [3.05, 3.63) is 154 Å². The fourth-order valence-electron chi connectivity index (χ4n) is 10.7. The third-order valence-corrected chi connectivity index (χ3v) is 21.5. The number of amides is 1. The van der Waals surface area contributed by atoms with Crippen LogP contribution in [-0.2, 0) is 20.1 Å². The summed E-state index contributed by atoms with van der Waals surface area (Å²) in [5.74, 6) is 10.1. The van der Waals surface area contributed by atoms with Gasteiger partial charge in [-0.15, -0.1) is 0 Å². The molecule has 8 rings (SSSR count). The molecule has 2 fully saturated rings. The average molecular weight is 1730 g/mol. The lowest BCUT2D eigenvalue weighted by atomic mass is 9.90. The highest BCUT2D eigenvalue weighted by atomic mass is 79.9. The van der Waals surface area contributed by atoms with Crippen molar-refractivity contribution in [2.75, 3.05) is 117 Å². The van der Waals surface area contributed by atoms with Gasteiger partial charge in [0.2, 0.25) is 5.36 Å². The number of ketones is 4. The summed E-state index contributed by atoms with van der Waals surface area (Å²) in [6, 6.07) is 37.2. The van der Waals surface area contributed by atoms with E-state index in [0.717, 1.165) is 169 Å². The maximum absolute atomic E-state index is 13.1. The van der Waals surface area contributed by atoms with E-state index in [-0.39, 0.29) is 23.3 Å². The van der Waals surface area contributed by atoms with Gasteiger partial charge in [0, 0.05) is 141 Å². The van der Waals surface area contributed by atoms with Gasteiger partial charge in [-0.05, 0) is 187 Å². The molecule has 3 heterocycles. The minimum absolute atomic E-state index is 0.0961. The molecule has 24 heteroatoms. The van der Waals surface area contributed by atoms with E-state index in [4.69, 9.17) is 14.6 Å². The normalized spacial score (nSPS) is 14.2. The number of aryl methyl sites for hydroxylation is 1. The maximum atomic E-state index is 13.1. The van der Waals surface area contributed by atoms with Gasteiger partial charge >= 0.3 is 0 Å². The fourth-order valence-corrected chi connectivity index (χ4v) is 14.8. The molecule has 3 aliphatic heterocycles. The van der Waals surface area contributed by atoms with Gasteiger partial charge in [-0.3, -0.25) is 24.0 Å². The van der Waals surface area contributed by atoms with Crippen LogP contribution >= 0.6 is 141 Å². The zero-order valence-electron chi connectivity index (χ0n) is 65.8. The average Bonchev–Trinajstić information content (AvgIpc) is 1.21. The number of carbonyl (C=O) groups is 5. The molecule has 107 heavy (non-hydrogen) atoms. The summed E-state index contributed by atoms with van der Waals surface area (Å²) in [5, 5.41) is 27.0. The van der Waals surface area contributed by atoms with Gasteiger partial charge in [0.15, 0.2) is 5.78 Å². The van der Waals surface area contributed by atoms with Crippen LogP contribution in [0, 0.1) is 12.8 Å². The molecule has 1 amide bonds. The number of Topliss-reactive ketones (excluding diaryl/α,β-unsaturated/α-hetero) is 4. The standard InChI is InChI=1S/C30H35N3O2S.C15H25NOS2.C11H13BrOS.C7H8S.C5H13NS.C5H12O2S.C4H8OS.C3H6OS.C3H8S/c1-5-32(6-2)21-13-15-25-27(19-21)35-28-20-22(33(7-3)8-4)14-16-26(28)29(25)23-11-9-10-12-24(23)30(34)31-17-18-36;1-11-9-12-10-19-14(15(12)16-11)7-3-2-5-13(17)6-4-8-18;1-8-5-9(7-10(12)6-8)11(13)3-2-4-14;8-6-7-4-2-1-3-5-7;1-6(2,3)4-5-7;1-2-4(6)5(7)3-8;1-4(5)2-3-6;1-3(4)2-5;1-2-3-4/h9-16,19-20H,5-8,17-18H2,1-4H3,(H-,31,34,36);12,14-16,18H,1-10H2;5-7,14H,2-4H2,1H3;1-5,8H,6H2;4-5H2,1-3H3;4-8H,2-3H2,1H3;6H,2-3H2,1H3;5H,2H2,1H3;4H,2-3H2,1H3/p+2/t;12-,14-,15-;;;;4-,5-;;;/m.0...1.../s1. The third-order valence-electron chi connectivity index (χ3n) is 16.6. The van der Waals surface area contributed by atoms with Crippen molar-refractivity contribution in [3.63, 3.8) is 0 Å². The number of nitrogens with zero attached hydrogens (tertiary/aromatic N) is 3. The Bertz CT molecular complexity index is 3470. The molecule has 0 radical (unpaired) electrons. The molecular formula is C83H130BrN5O8S10+2. The van der Waals surface area contributed by atoms with Crippen LogP contribution in [0.3, 0.4) is 0 Å². The molecule has 0 aromatic heterocycles. The Morgan fingerprint density at radius 1 is 0.701 bits per heavy atom. The number of aliphatic hydroxyl groups is 2. The quantitative estimate of drug-likeness (QED) is 0.00500. The van der Waals surface area contributed by atoms with Gasteiger partial charge in [0.1, 0.15) is 41.8 Å². The number of nitrogens with one attached hydrogen (secondary N) is 2. The monoisotopic (exact) mass is 1720 g/mol. The smallest absolute Gasteiger partial charge is 0.251 e. The molecule has 2 saturated heterocycles. The van der Waals surface area contributed by atoms with Crippen molar-refractivity contribution in [1.82, 2.24) is 15.2 Å². The number of rotatable bonds is 31. The Hall–Kier alpha value is -3.08. The minimum Gasteiger partial charge on any atom is -0.456 e. The number of quaternary nitrogens is 1. The van der Waals surface area contributed by atoms with Crippen molar-refractivity contribution in [2.45, 2.75) is 169 Å². The number of halogens is 1. The molecule has 0 bridgehead atoms. The largest absolute Gasteiger partial charge is 0.456 e. The summed E-state index contributed by atoms with van der Waals surface area (Å²) < 4.78 is 10.9. The van der Waals surface area contributed by atoms with Crippen LogP contribution in [0.5, 0.6) is 0 Å². The molecule has 4 aromatic carbocycles. The van der Waals surface area contributed by atoms with Crippen LogP contribution in [0.1, 0.15) is 164 Å². The second kappa shape index (κ2) is 62.4. The molecule has 4 N–H and O–H groups in total. The molecule has 4 aliphatic rings. The number of thiol groups is 9. The lowest BCUT2D eigenvalue weighted by molar-refractivity contribution is -0.867. The molecule has 1 aliphatic carbocycles. The van der Waals surface area contributed by atoms with E-state index in [2.05, 4.69) is 272 Å². The van der Waals surface area contributed by atoms with Crippen molar-refractivity contribution < 1.29 is 43.1 Å². The predicted octanol–water partition coefficient (Wildman–Crippen LogP) is 18.1. The first-order valence-electron chi connectivity index (χ1n) is 37.3. The van der Waals surface area contributed by atoms with Gasteiger partial charge in [0.05, 0.1) is 46.0 Å². The third kappa shape index (κ3) is 44.2. The first-order valence-corrected chi connectivity index (χ1v) is 44.9. The van der Waals surface area contributed by atoms with Crippen LogP contribution in [0.4, 0.5) is 5.69 Å². The maximum Gasteiger partial charge on any atom is 0.251 e. The van der Waals surface area contributed by atoms with E-state index >= 15 is 0 Å². The lowest BCUT2D eigenvalue weighted by Crippen LogP contribution is -2.36. The van der Waals surface area contributed by atoms with Gasteiger partial charge < -0.3 is 34.6 Å². The van der Waals surface area contributed by atoms with E-state index < -0.39 is 12.2 Å². The van der Waals surface area contributed by atoms with E-state index in [1.165, 1.54) is 43.2 Å².